The smallest absolute Gasteiger partial charge is 0.246 e. The molecule has 0 atom stereocenters. The summed E-state index contributed by atoms with van der Waals surface area (Å²) in [5, 5.41) is 0. The number of amides is 1. The Hall–Kier alpha value is -3.02. The molecule has 6 nitrogen and oxygen atoms in total. The van der Waals surface area contributed by atoms with Crippen LogP contribution < -0.4 is 15.2 Å². The number of methoxy groups -OCH3 is 2. The van der Waals surface area contributed by atoms with Crippen LogP contribution >= 0.6 is 0 Å². The summed E-state index contributed by atoms with van der Waals surface area (Å²) in [5.74, 6) is 1.59. The van der Waals surface area contributed by atoms with E-state index in [9.17, 15) is 4.79 Å². The van der Waals surface area contributed by atoms with Gasteiger partial charge < -0.3 is 20.1 Å². The second kappa shape index (κ2) is 8.01. The number of rotatable bonds is 6. The first kappa shape index (κ1) is 17.3. The number of aromatic nitrogens is 1. The summed E-state index contributed by atoms with van der Waals surface area (Å²) in [6.45, 7) is 0.406. The van der Waals surface area contributed by atoms with Crippen molar-refractivity contribution in [1.82, 2.24) is 9.88 Å². The SMILES string of the molecule is COc1cccc(CN(C)C(=O)/C=C/c2ccc(N)nc2)c1OC. The van der Waals surface area contributed by atoms with Gasteiger partial charge in [-0.25, -0.2) is 4.98 Å². The van der Waals surface area contributed by atoms with E-state index in [2.05, 4.69) is 4.98 Å². The van der Waals surface area contributed by atoms with Gasteiger partial charge in [0.25, 0.3) is 0 Å². The fourth-order valence-corrected chi connectivity index (χ4v) is 2.22. The molecule has 1 heterocycles. The lowest BCUT2D eigenvalue weighted by molar-refractivity contribution is -0.125. The predicted octanol–water partition coefficient (Wildman–Crippen LogP) is 2.35. The van der Waals surface area contributed by atoms with Crippen LogP contribution in [0.5, 0.6) is 11.5 Å². The fourth-order valence-electron chi connectivity index (χ4n) is 2.22. The van der Waals surface area contributed by atoms with Gasteiger partial charge in [0.05, 0.1) is 14.2 Å². The maximum Gasteiger partial charge on any atom is 0.246 e. The van der Waals surface area contributed by atoms with Crippen LogP contribution in [0.15, 0.2) is 42.6 Å². The zero-order chi connectivity index (χ0) is 17.5. The molecule has 0 radical (unpaired) electrons. The van der Waals surface area contributed by atoms with Crippen molar-refractivity contribution in [2.75, 3.05) is 27.0 Å². The van der Waals surface area contributed by atoms with Crippen LogP contribution in [0.25, 0.3) is 6.08 Å². The van der Waals surface area contributed by atoms with E-state index in [0.29, 0.717) is 23.9 Å². The lowest BCUT2D eigenvalue weighted by Gasteiger charge is -2.18. The molecule has 1 aromatic carbocycles. The second-order valence-corrected chi connectivity index (χ2v) is 5.20. The molecule has 24 heavy (non-hydrogen) atoms. The van der Waals surface area contributed by atoms with Crippen molar-refractivity contribution in [3.05, 3.63) is 53.7 Å². The first-order valence-corrected chi connectivity index (χ1v) is 7.39. The Labute approximate surface area is 141 Å². The van der Waals surface area contributed by atoms with Crippen molar-refractivity contribution >= 4 is 17.8 Å². The lowest BCUT2D eigenvalue weighted by Crippen LogP contribution is -2.24. The quantitative estimate of drug-likeness (QED) is 0.824. The van der Waals surface area contributed by atoms with Crippen LogP contribution in [0.2, 0.25) is 0 Å². The van der Waals surface area contributed by atoms with Gasteiger partial charge >= 0.3 is 0 Å². The molecule has 0 saturated carbocycles. The van der Waals surface area contributed by atoms with Crippen molar-refractivity contribution in [1.29, 1.82) is 0 Å². The maximum atomic E-state index is 12.3. The number of likely N-dealkylation sites (N-methyl/N-ethyl adjacent to an activating group) is 1. The Morgan fingerprint density at radius 2 is 2.04 bits per heavy atom. The van der Waals surface area contributed by atoms with Gasteiger partial charge in [-0.1, -0.05) is 12.1 Å². The standard InChI is InChI=1S/C18H21N3O3/c1-21(12-14-5-4-6-15(23-2)18(14)24-3)17(22)10-8-13-7-9-16(19)20-11-13/h4-11H,12H2,1-3H3,(H2,19,20)/b10-8+. The molecule has 6 heteroatoms. The maximum absolute atomic E-state index is 12.3. The molecular formula is C18H21N3O3. The number of benzene rings is 1. The number of nitrogens with two attached hydrogens (primary N) is 1. The van der Waals surface area contributed by atoms with E-state index in [-0.39, 0.29) is 5.91 Å². The van der Waals surface area contributed by atoms with Crippen LogP contribution in [0.3, 0.4) is 0 Å². The summed E-state index contributed by atoms with van der Waals surface area (Å²) < 4.78 is 10.7. The molecule has 0 unspecified atom stereocenters. The predicted molar refractivity (Wildman–Crippen MR) is 93.7 cm³/mol. The molecule has 2 N–H and O–H groups in total. The van der Waals surface area contributed by atoms with Crippen LogP contribution in [0.1, 0.15) is 11.1 Å². The molecule has 2 rings (SSSR count). The molecule has 0 aliphatic heterocycles. The molecule has 1 aromatic heterocycles. The summed E-state index contributed by atoms with van der Waals surface area (Å²) in [6.07, 6.45) is 4.82. The molecule has 0 fully saturated rings. The molecule has 2 aromatic rings. The summed E-state index contributed by atoms with van der Waals surface area (Å²) >= 11 is 0. The van der Waals surface area contributed by atoms with E-state index in [1.807, 2.05) is 18.2 Å². The summed E-state index contributed by atoms with van der Waals surface area (Å²) in [5.41, 5.74) is 7.22. The average Bonchev–Trinajstić information content (AvgIpc) is 2.60. The largest absolute Gasteiger partial charge is 0.493 e. The first-order valence-electron chi connectivity index (χ1n) is 7.39. The zero-order valence-corrected chi connectivity index (χ0v) is 14.0. The second-order valence-electron chi connectivity index (χ2n) is 5.20. The van der Waals surface area contributed by atoms with E-state index < -0.39 is 0 Å². The molecule has 0 bridgehead atoms. The van der Waals surface area contributed by atoms with Crippen molar-refractivity contribution in [3.63, 3.8) is 0 Å². The molecule has 0 spiro atoms. The number of carbonyl (C=O) groups is 1. The minimum Gasteiger partial charge on any atom is -0.493 e. The normalized spacial score (nSPS) is 10.6. The van der Waals surface area contributed by atoms with Crippen molar-refractivity contribution in [3.8, 4) is 11.5 Å². The minimum atomic E-state index is -0.128. The van der Waals surface area contributed by atoms with Gasteiger partial charge in [0.15, 0.2) is 11.5 Å². The number of carbonyl (C=O) groups excluding carboxylic acids is 1. The molecule has 0 saturated heterocycles. The monoisotopic (exact) mass is 327 g/mol. The van der Waals surface area contributed by atoms with E-state index >= 15 is 0 Å². The Balaban J connectivity index is 2.08. The Morgan fingerprint density at radius 3 is 2.67 bits per heavy atom. The number of para-hydroxylation sites is 1. The Bertz CT molecular complexity index is 727. The molecular weight excluding hydrogens is 306 g/mol. The van der Waals surface area contributed by atoms with Crippen LogP contribution in [0, 0.1) is 0 Å². The summed E-state index contributed by atoms with van der Waals surface area (Å²) in [6, 6.07) is 9.08. The average molecular weight is 327 g/mol. The minimum absolute atomic E-state index is 0.128. The van der Waals surface area contributed by atoms with Crippen LogP contribution in [0.4, 0.5) is 5.82 Å². The number of ether oxygens (including phenoxy) is 2. The number of hydrogen-bond acceptors (Lipinski definition) is 5. The highest BCUT2D eigenvalue weighted by Gasteiger charge is 2.13. The first-order chi connectivity index (χ1) is 11.5. The van der Waals surface area contributed by atoms with Crippen LogP contribution in [-0.4, -0.2) is 37.1 Å². The van der Waals surface area contributed by atoms with Gasteiger partial charge in [0.2, 0.25) is 5.91 Å². The van der Waals surface area contributed by atoms with Crippen molar-refractivity contribution < 1.29 is 14.3 Å². The van der Waals surface area contributed by atoms with E-state index in [4.69, 9.17) is 15.2 Å². The third-order valence-corrected chi connectivity index (χ3v) is 3.50. The highest BCUT2D eigenvalue weighted by Crippen LogP contribution is 2.31. The number of anilines is 1. The Morgan fingerprint density at radius 1 is 1.25 bits per heavy atom. The molecule has 1 amide bonds. The van der Waals surface area contributed by atoms with Gasteiger partial charge in [0, 0.05) is 31.4 Å². The third-order valence-electron chi connectivity index (χ3n) is 3.50. The molecule has 126 valence electrons. The topological polar surface area (TPSA) is 77.7 Å². The fraction of sp³-hybridized carbons (Fsp3) is 0.222. The number of nitrogen functional groups attached to an aromatic ring is 1. The number of pyridine rings is 1. The summed E-state index contributed by atoms with van der Waals surface area (Å²) in [7, 11) is 4.89. The van der Waals surface area contributed by atoms with Crippen molar-refractivity contribution in [2.45, 2.75) is 6.54 Å². The van der Waals surface area contributed by atoms with Gasteiger partial charge in [-0.15, -0.1) is 0 Å². The Kier molecular flexibility index (Phi) is 5.78. The lowest BCUT2D eigenvalue weighted by atomic mass is 10.1. The van der Waals surface area contributed by atoms with Gasteiger partial charge in [-0.05, 0) is 29.8 Å². The number of nitrogens with zero attached hydrogens (tertiary/aromatic N) is 2. The highest BCUT2D eigenvalue weighted by molar-refractivity contribution is 5.91. The van der Waals surface area contributed by atoms with E-state index in [0.717, 1.165) is 11.1 Å². The summed E-state index contributed by atoms with van der Waals surface area (Å²) in [4.78, 5) is 17.8. The highest BCUT2D eigenvalue weighted by atomic mass is 16.5. The van der Waals surface area contributed by atoms with Crippen molar-refractivity contribution in [2.24, 2.45) is 0 Å². The molecule has 0 aliphatic rings. The number of hydrogen-bond donors (Lipinski definition) is 1. The van der Waals surface area contributed by atoms with Gasteiger partial charge in [-0.2, -0.15) is 0 Å². The van der Waals surface area contributed by atoms with Crippen LogP contribution in [-0.2, 0) is 11.3 Å². The van der Waals surface area contributed by atoms with Gasteiger partial charge in [0.1, 0.15) is 5.82 Å². The van der Waals surface area contributed by atoms with E-state index in [1.54, 1.807) is 50.6 Å². The van der Waals surface area contributed by atoms with Gasteiger partial charge in [-0.3, -0.25) is 4.79 Å². The third kappa shape index (κ3) is 4.25. The van der Waals surface area contributed by atoms with E-state index in [1.165, 1.54) is 6.08 Å². The zero-order valence-electron chi connectivity index (χ0n) is 14.0. The molecule has 0 aliphatic carbocycles.